The van der Waals surface area contributed by atoms with E-state index in [9.17, 15) is 22.8 Å². The molecule has 0 aliphatic rings. The second-order valence-corrected chi connectivity index (χ2v) is 8.56. The maximum Gasteiger partial charge on any atom is 0.326 e. The number of carboxylic acids is 1. The zero-order valence-corrected chi connectivity index (χ0v) is 16.0. The Bertz CT molecular complexity index is 769. The second-order valence-electron chi connectivity index (χ2n) is 6.57. The Kier molecular flexibility index (Phi) is 7.31. The zero-order chi connectivity index (χ0) is 20.1. The number of hydrogen-bond donors (Lipinski definition) is 2. The lowest BCUT2D eigenvalue weighted by atomic mass is 10.0. The van der Waals surface area contributed by atoms with Gasteiger partial charge in [-0.2, -0.15) is 0 Å². The van der Waals surface area contributed by atoms with E-state index in [0.717, 1.165) is 0 Å². The molecule has 1 atom stereocenters. The molecule has 0 aromatic heterocycles. The van der Waals surface area contributed by atoms with Gasteiger partial charge in [0, 0.05) is 19.7 Å². The lowest BCUT2D eigenvalue weighted by Crippen LogP contribution is -2.41. The summed E-state index contributed by atoms with van der Waals surface area (Å²) < 4.78 is 24.4. The van der Waals surface area contributed by atoms with Crippen molar-refractivity contribution in [3.8, 4) is 0 Å². The molecule has 0 heterocycles. The first-order valence-corrected chi connectivity index (χ1v) is 9.66. The van der Waals surface area contributed by atoms with Crippen LogP contribution < -0.4 is 5.32 Å². The van der Waals surface area contributed by atoms with Gasteiger partial charge in [0.1, 0.15) is 11.8 Å². The van der Waals surface area contributed by atoms with E-state index >= 15 is 0 Å². The van der Waals surface area contributed by atoms with Crippen LogP contribution in [0.2, 0.25) is 0 Å². The number of carboxylic acid groups (broad SMARTS) is 1. The third-order valence-corrected chi connectivity index (χ3v) is 5.22. The summed E-state index contributed by atoms with van der Waals surface area (Å²) in [5.41, 5.74) is 0.137. The standard InChI is InChI=1S/C17H24N2O6S/c1-11(2)9-14(17(22)23)18-16(21)12-5-7-13(8-6-12)26(24,25)10-15(20)19(3)4/h5-8,11,14H,9-10H2,1-4H3,(H,18,21)(H,22,23)/t14-/m1/s1. The van der Waals surface area contributed by atoms with Gasteiger partial charge in [-0.1, -0.05) is 13.8 Å². The van der Waals surface area contributed by atoms with Crippen molar-refractivity contribution in [2.24, 2.45) is 5.92 Å². The van der Waals surface area contributed by atoms with Crippen molar-refractivity contribution < 1.29 is 27.9 Å². The van der Waals surface area contributed by atoms with Crippen molar-refractivity contribution in [1.82, 2.24) is 10.2 Å². The average Bonchev–Trinajstić information content (AvgIpc) is 2.53. The first-order valence-electron chi connectivity index (χ1n) is 8.00. The molecule has 0 bridgehead atoms. The fourth-order valence-corrected chi connectivity index (χ4v) is 3.42. The van der Waals surface area contributed by atoms with Gasteiger partial charge in [0.15, 0.2) is 9.84 Å². The normalized spacial score (nSPS) is 12.5. The molecule has 1 aromatic carbocycles. The molecule has 8 nitrogen and oxygen atoms in total. The van der Waals surface area contributed by atoms with Crippen LogP contribution in [0.5, 0.6) is 0 Å². The second kappa shape index (κ2) is 8.79. The van der Waals surface area contributed by atoms with Crippen molar-refractivity contribution in [2.75, 3.05) is 19.8 Å². The summed E-state index contributed by atoms with van der Waals surface area (Å²) in [5.74, 6) is -2.87. The van der Waals surface area contributed by atoms with Crippen LogP contribution in [0.4, 0.5) is 0 Å². The van der Waals surface area contributed by atoms with Crippen molar-refractivity contribution in [1.29, 1.82) is 0 Å². The highest BCUT2D eigenvalue weighted by Crippen LogP contribution is 2.14. The average molecular weight is 384 g/mol. The number of nitrogens with one attached hydrogen (secondary N) is 1. The van der Waals surface area contributed by atoms with Crippen LogP contribution in [0.1, 0.15) is 30.6 Å². The van der Waals surface area contributed by atoms with Gasteiger partial charge < -0.3 is 15.3 Å². The Labute approximate surface area is 153 Å². The van der Waals surface area contributed by atoms with Crippen LogP contribution in [0.25, 0.3) is 0 Å². The summed E-state index contributed by atoms with van der Waals surface area (Å²) >= 11 is 0. The summed E-state index contributed by atoms with van der Waals surface area (Å²) in [6.45, 7) is 3.69. The van der Waals surface area contributed by atoms with Crippen LogP contribution in [0.3, 0.4) is 0 Å². The fraction of sp³-hybridized carbons (Fsp3) is 0.471. The highest BCUT2D eigenvalue weighted by atomic mass is 32.2. The lowest BCUT2D eigenvalue weighted by molar-refractivity contribution is -0.139. The molecule has 2 N–H and O–H groups in total. The quantitative estimate of drug-likeness (QED) is 0.683. The summed E-state index contributed by atoms with van der Waals surface area (Å²) in [6, 6.07) is 4.01. The molecule has 0 fully saturated rings. The maximum atomic E-state index is 12.2. The molecule has 0 unspecified atom stereocenters. The Hall–Kier alpha value is -2.42. The predicted molar refractivity (Wildman–Crippen MR) is 95.5 cm³/mol. The molecule has 0 aliphatic heterocycles. The molecular weight excluding hydrogens is 360 g/mol. The molecule has 0 aliphatic carbocycles. The molecule has 26 heavy (non-hydrogen) atoms. The van der Waals surface area contributed by atoms with Gasteiger partial charge >= 0.3 is 5.97 Å². The zero-order valence-electron chi connectivity index (χ0n) is 15.2. The van der Waals surface area contributed by atoms with E-state index in [1.165, 1.54) is 43.3 Å². The Balaban J connectivity index is 2.90. The fourth-order valence-electron chi connectivity index (χ4n) is 2.12. The minimum Gasteiger partial charge on any atom is -0.480 e. The van der Waals surface area contributed by atoms with E-state index < -0.39 is 39.4 Å². The summed E-state index contributed by atoms with van der Waals surface area (Å²) in [5, 5.41) is 11.6. The number of benzene rings is 1. The van der Waals surface area contributed by atoms with Gasteiger partial charge in [-0.15, -0.1) is 0 Å². The minimum atomic E-state index is -3.82. The number of hydrogen-bond acceptors (Lipinski definition) is 5. The van der Waals surface area contributed by atoms with E-state index in [2.05, 4.69) is 5.32 Å². The highest BCUT2D eigenvalue weighted by molar-refractivity contribution is 7.92. The van der Waals surface area contributed by atoms with Gasteiger partial charge in [-0.3, -0.25) is 9.59 Å². The molecule has 0 radical (unpaired) electrons. The van der Waals surface area contributed by atoms with Crippen molar-refractivity contribution >= 4 is 27.6 Å². The smallest absolute Gasteiger partial charge is 0.326 e. The molecule has 0 spiro atoms. The van der Waals surface area contributed by atoms with Gasteiger partial charge in [-0.05, 0) is 36.6 Å². The number of sulfone groups is 1. The Morgan fingerprint density at radius 3 is 2.08 bits per heavy atom. The van der Waals surface area contributed by atoms with Crippen molar-refractivity contribution in [3.63, 3.8) is 0 Å². The first-order chi connectivity index (χ1) is 11.9. The summed E-state index contributed by atoms with van der Waals surface area (Å²) in [7, 11) is -0.897. The van der Waals surface area contributed by atoms with E-state index in [1.807, 2.05) is 13.8 Å². The SMILES string of the molecule is CC(C)C[C@@H](NC(=O)c1ccc(S(=O)(=O)CC(=O)N(C)C)cc1)C(=O)O. The van der Waals surface area contributed by atoms with Crippen LogP contribution in [-0.2, 0) is 19.4 Å². The minimum absolute atomic E-state index is 0.0816. The van der Waals surface area contributed by atoms with Crippen molar-refractivity contribution in [2.45, 2.75) is 31.2 Å². The third kappa shape index (κ3) is 6.14. The Morgan fingerprint density at radius 1 is 1.12 bits per heavy atom. The molecular formula is C17H24N2O6S. The van der Waals surface area contributed by atoms with E-state index in [-0.39, 0.29) is 22.8 Å². The number of carbonyl (C=O) groups excluding carboxylic acids is 2. The van der Waals surface area contributed by atoms with E-state index in [1.54, 1.807) is 0 Å². The van der Waals surface area contributed by atoms with Crippen LogP contribution >= 0.6 is 0 Å². The largest absolute Gasteiger partial charge is 0.480 e. The van der Waals surface area contributed by atoms with Gasteiger partial charge in [0.25, 0.3) is 5.91 Å². The topological polar surface area (TPSA) is 121 Å². The summed E-state index contributed by atoms with van der Waals surface area (Å²) in [4.78, 5) is 36.1. The monoisotopic (exact) mass is 384 g/mol. The van der Waals surface area contributed by atoms with E-state index in [0.29, 0.717) is 0 Å². The van der Waals surface area contributed by atoms with Crippen molar-refractivity contribution in [3.05, 3.63) is 29.8 Å². The number of aliphatic carboxylic acids is 1. The molecule has 0 saturated carbocycles. The third-order valence-electron chi connectivity index (χ3n) is 3.60. The first kappa shape index (κ1) is 21.6. The maximum absolute atomic E-state index is 12.2. The molecule has 1 rings (SSSR count). The highest BCUT2D eigenvalue weighted by Gasteiger charge is 2.23. The van der Waals surface area contributed by atoms with Gasteiger partial charge in [0.05, 0.1) is 4.90 Å². The number of rotatable bonds is 8. The molecule has 9 heteroatoms. The lowest BCUT2D eigenvalue weighted by Gasteiger charge is -2.16. The molecule has 2 amide bonds. The van der Waals surface area contributed by atoms with Crippen LogP contribution in [-0.4, -0.2) is 62.1 Å². The van der Waals surface area contributed by atoms with E-state index in [4.69, 9.17) is 5.11 Å². The molecule has 144 valence electrons. The van der Waals surface area contributed by atoms with Gasteiger partial charge in [0.2, 0.25) is 5.91 Å². The summed E-state index contributed by atoms with van der Waals surface area (Å²) in [6.07, 6.45) is 0.278. The number of carbonyl (C=O) groups is 3. The number of nitrogens with zero attached hydrogens (tertiary/aromatic N) is 1. The van der Waals surface area contributed by atoms with Crippen LogP contribution in [0, 0.1) is 5.92 Å². The number of amides is 2. The molecule has 1 aromatic rings. The molecule has 0 saturated heterocycles. The predicted octanol–water partition coefficient (Wildman–Crippen LogP) is 0.778. The van der Waals surface area contributed by atoms with Gasteiger partial charge in [-0.25, -0.2) is 13.2 Å². The van der Waals surface area contributed by atoms with Crippen LogP contribution in [0.15, 0.2) is 29.2 Å². The Morgan fingerprint density at radius 2 is 1.65 bits per heavy atom.